The molecule has 0 aliphatic heterocycles. The predicted octanol–water partition coefficient (Wildman–Crippen LogP) is -0.671. The summed E-state index contributed by atoms with van der Waals surface area (Å²) in [6.07, 6.45) is 3.34. The van der Waals surface area contributed by atoms with Crippen LogP contribution in [0.1, 0.15) is 5.56 Å². The van der Waals surface area contributed by atoms with E-state index in [2.05, 4.69) is 5.10 Å². The Kier molecular flexibility index (Phi) is 6.80. The molecular formula is C12H13BF3KN2O. The van der Waals surface area contributed by atoms with Crippen molar-refractivity contribution in [3.63, 3.8) is 0 Å². The van der Waals surface area contributed by atoms with Crippen molar-refractivity contribution < 1.29 is 69.1 Å². The second kappa shape index (κ2) is 7.65. The summed E-state index contributed by atoms with van der Waals surface area (Å²) in [7, 11) is 0. The normalized spacial score (nSPS) is 11.0. The van der Waals surface area contributed by atoms with E-state index >= 15 is 0 Å². The first kappa shape index (κ1) is 17.8. The van der Waals surface area contributed by atoms with Gasteiger partial charge in [0.15, 0.2) is 0 Å². The fourth-order valence-electron chi connectivity index (χ4n) is 1.74. The van der Waals surface area contributed by atoms with Gasteiger partial charge in [0, 0.05) is 12.4 Å². The van der Waals surface area contributed by atoms with Crippen molar-refractivity contribution in [1.29, 1.82) is 0 Å². The first-order valence-electron chi connectivity index (χ1n) is 5.87. The SMILES string of the molecule is Cc1ccc(OCCn2cccn2)c([B-](F)(F)F)c1.[K+]. The van der Waals surface area contributed by atoms with Crippen LogP contribution >= 0.6 is 0 Å². The summed E-state index contributed by atoms with van der Waals surface area (Å²) in [5.41, 5.74) is -0.117. The minimum atomic E-state index is -5.07. The van der Waals surface area contributed by atoms with E-state index < -0.39 is 12.4 Å². The summed E-state index contributed by atoms with van der Waals surface area (Å²) < 4.78 is 45.5. The van der Waals surface area contributed by atoms with Crippen LogP contribution in [0.15, 0.2) is 36.7 Å². The molecule has 0 bridgehead atoms. The molecule has 0 amide bonds. The van der Waals surface area contributed by atoms with Crippen molar-refractivity contribution in [2.24, 2.45) is 0 Å². The average Bonchev–Trinajstić information content (AvgIpc) is 2.83. The molecule has 0 spiro atoms. The fourth-order valence-corrected chi connectivity index (χ4v) is 1.74. The van der Waals surface area contributed by atoms with Crippen LogP contribution in [-0.4, -0.2) is 23.4 Å². The van der Waals surface area contributed by atoms with Gasteiger partial charge in [0.1, 0.15) is 6.61 Å². The van der Waals surface area contributed by atoms with Crippen LogP contribution in [0.3, 0.4) is 0 Å². The van der Waals surface area contributed by atoms with E-state index in [0.29, 0.717) is 12.1 Å². The summed E-state index contributed by atoms with van der Waals surface area (Å²) >= 11 is 0. The third-order valence-corrected chi connectivity index (χ3v) is 2.66. The van der Waals surface area contributed by atoms with E-state index in [-0.39, 0.29) is 63.7 Å². The number of nitrogens with zero attached hydrogens (tertiary/aromatic N) is 2. The molecule has 0 saturated heterocycles. The van der Waals surface area contributed by atoms with E-state index in [4.69, 9.17) is 4.74 Å². The predicted molar refractivity (Wildman–Crippen MR) is 67.6 cm³/mol. The second-order valence-corrected chi connectivity index (χ2v) is 4.23. The standard InChI is InChI=1S/C12H13BF3N2O.K/c1-10-3-4-12(11(9-10)13(14,15)16)19-8-7-18-6-2-5-17-18;/h2-6,9H,7-8H2,1H3;/q-1;+1. The first-order chi connectivity index (χ1) is 8.97. The average molecular weight is 308 g/mol. The molecule has 20 heavy (non-hydrogen) atoms. The Bertz CT molecular complexity index is 546. The van der Waals surface area contributed by atoms with Crippen LogP contribution in [0.5, 0.6) is 5.75 Å². The molecule has 2 aromatic rings. The second-order valence-electron chi connectivity index (χ2n) is 4.23. The van der Waals surface area contributed by atoms with E-state index in [0.717, 1.165) is 6.07 Å². The molecule has 0 aliphatic carbocycles. The van der Waals surface area contributed by atoms with E-state index in [1.54, 1.807) is 36.1 Å². The van der Waals surface area contributed by atoms with Crippen molar-refractivity contribution in [1.82, 2.24) is 9.78 Å². The third kappa shape index (κ3) is 4.92. The molecule has 0 radical (unpaired) electrons. The third-order valence-electron chi connectivity index (χ3n) is 2.66. The van der Waals surface area contributed by atoms with Crippen molar-refractivity contribution >= 4 is 12.4 Å². The summed E-state index contributed by atoms with van der Waals surface area (Å²) in [6, 6.07) is 5.83. The van der Waals surface area contributed by atoms with Crippen LogP contribution in [0, 0.1) is 6.92 Å². The van der Waals surface area contributed by atoms with Crippen LogP contribution in [0.4, 0.5) is 12.9 Å². The minimum Gasteiger partial charge on any atom is -0.495 e. The summed E-state index contributed by atoms with van der Waals surface area (Å²) in [5, 5.41) is 3.95. The number of hydrogen-bond donors (Lipinski definition) is 0. The van der Waals surface area contributed by atoms with Crippen LogP contribution in [-0.2, 0) is 6.54 Å². The van der Waals surface area contributed by atoms with Gasteiger partial charge in [-0.2, -0.15) is 5.10 Å². The zero-order valence-corrected chi connectivity index (χ0v) is 14.5. The number of hydrogen-bond acceptors (Lipinski definition) is 2. The van der Waals surface area contributed by atoms with E-state index in [1.165, 1.54) is 6.07 Å². The molecule has 0 saturated carbocycles. The van der Waals surface area contributed by atoms with Crippen LogP contribution in [0.2, 0.25) is 0 Å². The number of rotatable bonds is 5. The molecule has 0 atom stereocenters. The van der Waals surface area contributed by atoms with Gasteiger partial charge in [0.2, 0.25) is 0 Å². The van der Waals surface area contributed by atoms with Crippen molar-refractivity contribution in [3.05, 3.63) is 42.2 Å². The molecular weight excluding hydrogens is 295 g/mol. The Hall–Kier alpha value is -0.279. The molecule has 102 valence electrons. The van der Waals surface area contributed by atoms with Gasteiger partial charge in [-0.05, 0) is 19.1 Å². The fraction of sp³-hybridized carbons (Fsp3) is 0.250. The zero-order valence-electron chi connectivity index (χ0n) is 11.4. The van der Waals surface area contributed by atoms with Gasteiger partial charge in [0.05, 0.1) is 12.3 Å². The van der Waals surface area contributed by atoms with Crippen LogP contribution < -0.4 is 61.6 Å². The summed E-state index contributed by atoms with van der Waals surface area (Å²) in [6.45, 7) is -2.89. The van der Waals surface area contributed by atoms with Gasteiger partial charge < -0.3 is 17.7 Å². The van der Waals surface area contributed by atoms with Gasteiger partial charge in [-0.15, -0.1) is 0 Å². The number of benzene rings is 1. The Morgan fingerprint density at radius 1 is 1.30 bits per heavy atom. The Balaban J connectivity index is 0.00000200. The quantitative estimate of drug-likeness (QED) is 0.685. The Morgan fingerprint density at radius 2 is 2.05 bits per heavy atom. The number of aryl methyl sites for hydroxylation is 1. The molecule has 3 nitrogen and oxygen atoms in total. The molecule has 0 fully saturated rings. The van der Waals surface area contributed by atoms with Gasteiger partial charge in [-0.1, -0.05) is 23.2 Å². The molecule has 1 aromatic carbocycles. The van der Waals surface area contributed by atoms with E-state index in [1.807, 2.05) is 0 Å². The van der Waals surface area contributed by atoms with Gasteiger partial charge in [-0.25, -0.2) is 0 Å². The maximum Gasteiger partial charge on any atom is 1.00 e. The van der Waals surface area contributed by atoms with E-state index in [9.17, 15) is 12.9 Å². The molecule has 0 unspecified atom stereocenters. The Labute approximate surface area is 158 Å². The maximum atomic E-state index is 12.9. The monoisotopic (exact) mass is 308 g/mol. The Morgan fingerprint density at radius 3 is 2.65 bits per heavy atom. The summed E-state index contributed by atoms with van der Waals surface area (Å²) in [4.78, 5) is 0. The smallest absolute Gasteiger partial charge is 0.495 e. The number of ether oxygens (including phenoxy) is 1. The topological polar surface area (TPSA) is 27.1 Å². The minimum absolute atomic E-state index is 0. The molecule has 1 aromatic heterocycles. The van der Waals surface area contributed by atoms with Crippen molar-refractivity contribution in [2.45, 2.75) is 13.5 Å². The molecule has 8 heteroatoms. The maximum absolute atomic E-state index is 12.9. The van der Waals surface area contributed by atoms with Crippen LogP contribution in [0.25, 0.3) is 0 Å². The molecule has 0 aliphatic rings. The first-order valence-corrected chi connectivity index (χ1v) is 5.87. The molecule has 2 rings (SSSR count). The summed E-state index contributed by atoms with van der Waals surface area (Å²) in [5.74, 6) is -0.120. The molecule has 0 N–H and O–H groups in total. The van der Waals surface area contributed by atoms with Crippen molar-refractivity contribution in [2.75, 3.05) is 6.61 Å². The number of halogens is 3. The van der Waals surface area contributed by atoms with Gasteiger partial charge >= 0.3 is 58.4 Å². The largest absolute Gasteiger partial charge is 1.00 e. The number of aromatic nitrogens is 2. The molecule has 1 heterocycles. The van der Waals surface area contributed by atoms with Gasteiger partial charge in [0.25, 0.3) is 0 Å². The zero-order chi connectivity index (χ0) is 13.9. The van der Waals surface area contributed by atoms with Gasteiger partial charge in [-0.3, -0.25) is 4.68 Å². The van der Waals surface area contributed by atoms with Crippen molar-refractivity contribution in [3.8, 4) is 5.75 Å².